The SMILES string of the molecule is CCCCCCCCCCCCCCCCCCOP1[O][Al]([O]P(OCCCCCCCCCCCCCCCCCC)[O][Al]2[O]P(OCCCCCCCCCCCCCCCCCC)[O]2)[O]1. The van der Waals surface area contributed by atoms with Gasteiger partial charge < -0.3 is 35.0 Å². The zero-order valence-corrected chi connectivity index (χ0v) is 50.2. The molecule has 14 heteroatoms. The zero-order chi connectivity index (χ0) is 48.3. The van der Waals surface area contributed by atoms with Crippen LogP contribution >= 0.6 is 25.8 Å². The molecule has 0 amide bonds. The van der Waals surface area contributed by atoms with Gasteiger partial charge in [-0.25, -0.2) is 0 Å². The Bertz CT molecular complexity index is 934. The third-order valence-electron chi connectivity index (χ3n) is 13.6. The highest BCUT2D eigenvalue weighted by molar-refractivity contribution is 7.51. The summed E-state index contributed by atoms with van der Waals surface area (Å²) in [4.78, 5) is 0. The molecule has 0 aliphatic carbocycles. The number of rotatable bonds is 58. The van der Waals surface area contributed by atoms with Crippen molar-refractivity contribution in [3.8, 4) is 0 Å². The van der Waals surface area contributed by atoms with Crippen LogP contribution in [0.4, 0.5) is 0 Å². The molecule has 0 aromatic rings. The van der Waals surface area contributed by atoms with Crippen molar-refractivity contribution in [1.29, 1.82) is 0 Å². The lowest BCUT2D eigenvalue weighted by Crippen LogP contribution is -2.35. The Morgan fingerprint density at radius 3 is 0.676 bits per heavy atom. The summed E-state index contributed by atoms with van der Waals surface area (Å²) in [6, 6.07) is 0. The molecule has 2 rings (SSSR count). The van der Waals surface area contributed by atoms with E-state index in [1.54, 1.807) is 0 Å². The first kappa shape index (κ1) is 66.1. The Balaban J connectivity index is 1.49. The first-order valence-electron chi connectivity index (χ1n) is 30.0. The van der Waals surface area contributed by atoms with Crippen LogP contribution in [0.3, 0.4) is 0 Å². The molecule has 0 N–H and O–H groups in total. The zero-order valence-electron chi connectivity index (χ0n) is 45.2. The quantitative estimate of drug-likeness (QED) is 0.0336. The van der Waals surface area contributed by atoms with E-state index in [1.807, 2.05) is 0 Å². The third-order valence-corrected chi connectivity index (χ3v) is 23.1. The largest absolute Gasteiger partial charge is 0.924 e. The van der Waals surface area contributed by atoms with E-state index in [-0.39, 0.29) is 0 Å². The van der Waals surface area contributed by atoms with Crippen LogP contribution in [0.1, 0.15) is 329 Å². The third kappa shape index (κ3) is 44.3. The minimum atomic E-state index is -2.36. The maximum Gasteiger partial charge on any atom is 0.924 e. The van der Waals surface area contributed by atoms with Crippen molar-refractivity contribution in [3.63, 3.8) is 0 Å². The Morgan fingerprint density at radius 1 is 0.265 bits per heavy atom. The fraction of sp³-hybridized carbons (Fsp3) is 1.00. The first-order valence-corrected chi connectivity index (χ1v) is 36.2. The van der Waals surface area contributed by atoms with Crippen molar-refractivity contribution in [1.82, 2.24) is 0 Å². The molecule has 0 bridgehead atoms. The molecule has 2 aliphatic heterocycles. The molecule has 0 spiro atoms. The average molecular weight is 1050 g/mol. The molecule has 0 atom stereocenters. The maximum atomic E-state index is 6.14. The molecule has 402 valence electrons. The monoisotopic (exact) mass is 1050 g/mol. The minimum Gasteiger partial charge on any atom is -0.390 e. The predicted molar refractivity (Wildman–Crippen MR) is 295 cm³/mol. The summed E-state index contributed by atoms with van der Waals surface area (Å²) in [5.74, 6) is 0. The Kier molecular flexibility index (Phi) is 52.3. The van der Waals surface area contributed by atoms with Gasteiger partial charge >= 0.3 is 30.3 Å². The molecule has 0 aromatic heterocycles. The molecule has 0 aromatic carbocycles. The smallest absolute Gasteiger partial charge is 0.390 e. The van der Waals surface area contributed by atoms with E-state index in [1.165, 1.54) is 283 Å². The molecular weight excluding hydrogens is 939 g/mol. The topological polar surface area (TPSA) is 83.1 Å². The fourth-order valence-electron chi connectivity index (χ4n) is 9.09. The van der Waals surface area contributed by atoms with Crippen molar-refractivity contribution in [2.75, 3.05) is 19.8 Å². The van der Waals surface area contributed by atoms with Gasteiger partial charge in [-0.2, -0.15) is 0 Å². The highest BCUT2D eigenvalue weighted by Crippen LogP contribution is 2.58. The van der Waals surface area contributed by atoms with Gasteiger partial charge in [0, 0.05) is 0 Å². The summed E-state index contributed by atoms with van der Waals surface area (Å²) in [6.45, 7) is 8.81. The summed E-state index contributed by atoms with van der Waals surface area (Å²) < 4.78 is 53.9. The highest BCUT2D eigenvalue weighted by atomic mass is 31.2. The van der Waals surface area contributed by atoms with Crippen LogP contribution in [0.5, 0.6) is 0 Å². The van der Waals surface area contributed by atoms with Gasteiger partial charge in [0.05, 0.1) is 19.8 Å². The van der Waals surface area contributed by atoms with Gasteiger partial charge in [0.15, 0.2) is 0 Å². The van der Waals surface area contributed by atoms with Crippen LogP contribution in [-0.4, -0.2) is 50.1 Å². The van der Waals surface area contributed by atoms with Crippen molar-refractivity contribution in [2.24, 2.45) is 0 Å². The van der Waals surface area contributed by atoms with E-state index in [4.69, 9.17) is 35.0 Å². The van der Waals surface area contributed by atoms with Crippen molar-refractivity contribution >= 4 is 56.1 Å². The van der Waals surface area contributed by atoms with Crippen LogP contribution < -0.4 is 0 Å². The molecule has 0 unspecified atom stereocenters. The van der Waals surface area contributed by atoms with Crippen LogP contribution in [0.2, 0.25) is 0 Å². The molecule has 0 saturated carbocycles. The van der Waals surface area contributed by atoms with E-state index in [0.717, 1.165) is 25.7 Å². The second-order valence-corrected chi connectivity index (χ2v) is 28.6. The van der Waals surface area contributed by atoms with Crippen molar-refractivity contribution in [3.05, 3.63) is 0 Å². The van der Waals surface area contributed by atoms with E-state index in [2.05, 4.69) is 20.8 Å². The van der Waals surface area contributed by atoms with Crippen LogP contribution in [-0.2, 0) is 35.0 Å². The maximum absolute atomic E-state index is 6.14. The van der Waals surface area contributed by atoms with Gasteiger partial charge in [0.2, 0.25) is 0 Å². The Labute approximate surface area is 437 Å². The minimum absolute atomic E-state index is 0.585. The Morgan fingerprint density at radius 2 is 0.456 bits per heavy atom. The highest BCUT2D eigenvalue weighted by Gasteiger charge is 2.56. The van der Waals surface area contributed by atoms with Gasteiger partial charge in [-0.05, 0) is 19.3 Å². The lowest BCUT2D eigenvalue weighted by molar-refractivity contribution is 0.130. The van der Waals surface area contributed by atoms with E-state index in [9.17, 15) is 0 Å². The van der Waals surface area contributed by atoms with Crippen LogP contribution in [0.25, 0.3) is 0 Å². The van der Waals surface area contributed by atoms with Gasteiger partial charge in [0.1, 0.15) is 0 Å². The molecule has 2 fully saturated rings. The van der Waals surface area contributed by atoms with E-state index < -0.39 is 56.1 Å². The summed E-state index contributed by atoms with van der Waals surface area (Å²) in [5.41, 5.74) is 0. The fourth-order valence-corrected chi connectivity index (χ4v) is 17.5. The van der Waals surface area contributed by atoms with E-state index in [0.29, 0.717) is 19.8 Å². The van der Waals surface area contributed by atoms with Gasteiger partial charge in [0.25, 0.3) is 25.8 Å². The van der Waals surface area contributed by atoms with Gasteiger partial charge in [-0.15, -0.1) is 0 Å². The average Bonchev–Trinajstić information content (AvgIpc) is 3.32. The molecule has 2 heterocycles. The molecular formula is C54H111Al2O9P3. The predicted octanol–water partition coefficient (Wildman–Crippen LogP) is 21.6. The van der Waals surface area contributed by atoms with Gasteiger partial charge in [-0.1, -0.05) is 310 Å². The Hall–Kier alpha value is 1.99. The number of unbranched alkanes of at least 4 members (excludes halogenated alkanes) is 45. The summed E-state index contributed by atoms with van der Waals surface area (Å²) >= 11 is -4.71. The normalized spacial score (nSPS) is 14.5. The molecule has 0 radical (unpaired) electrons. The second-order valence-electron chi connectivity index (χ2n) is 20.3. The summed E-state index contributed by atoms with van der Waals surface area (Å²) in [6.07, 6.45) is 65.1. The second kappa shape index (κ2) is 53.8. The number of hydrogen-bond donors (Lipinski definition) is 0. The molecule has 2 saturated heterocycles. The lowest BCUT2D eigenvalue weighted by Gasteiger charge is -2.34. The van der Waals surface area contributed by atoms with Crippen LogP contribution in [0.15, 0.2) is 0 Å². The number of hydrogen-bond acceptors (Lipinski definition) is 9. The molecule has 9 nitrogen and oxygen atoms in total. The van der Waals surface area contributed by atoms with Crippen molar-refractivity contribution < 1.29 is 35.0 Å². The summed E-state index contributed by atoms with van der Waals surface area (Å²) in [5, 5.41) is 0. The molecule has 68 heavy (non-hydrogen) atoms. The van der Waals surface area contributed by atoms with Crippen LogP contribution in [0, 0.1) is 0 Å². The molecule has 2 aliphatic rings. The van der Waals surface area contributed by atoms with Crippen molar-refractivity contribution in [2.45, 2.75) is 329 Å². The summed E-state index contributed by atoms with van der Waals surface area (Å²) in [7, 11) is -4.30. The van der Waals surface area contributed by atoms with Gasteiger partial charge in [-0.3, -0.25) is 0 Å². The lowest BCUT2D eigenvalue weighted by atomic mass is 10.0. The first-order chi connectivity index (χ1) is 33.7. The van der Waals surface area contributed by atoms with E-state index >= 15 is 0 Å². The standard InChI is InChI=1S/3C18H37O3P.2Al/c3*1-2-3-4-5-6-7-8-9-10-11-12-13-14-15-16-17-18-21-22(19)20;;/h3*2-18H2,1H3;;/q3*-2;2*+3.